The first-order chi connectivity index (χ1) is 20.0. The first kappa shape index (κ1) is 31.5. The molecule has 1 fully saturated rings. The van der Waals surface area contributed by atoms with E-state index in [1.165, 1.54) is 6.08 Å². The maximum Gasteiger partial charge on any atom is 0.365 e. The molecule has 1 aliphatic carbocycles. The Morgan fingerprint density at radius 1 is 1.10 bits per heavy atom. The Morgan fingerprint density at radius 2 is 1.83 bits per heavy atom. The normalized spacial score (nSPS) is 22.2. The summed E-state index contributed by atoms with van der Waals surface area (Å²) in [6, 6.07) is 10.5. The number of nitrogens with zero attached hydrogens (tertiary/aromatic N) is 2. The van der Waals surface area contributed by atoms with E-state index in [4.69, 9.17) is 21.1 Å². The highest BCUT2D eigenvalue weighted by atomic mass is 35.5. The van der Waals surface area contributed by atoms with Crippen LogP contribution in [0.1, 0.15) is 44.6 Å². The Hall–Kier alpha value is -3.48. The molecule has 42 heavy (non-hydrogen) atoms. The highest BCUT2D eigenvalue weighted by Crippen LogP contribution is 2.38. The van der Waals surface area contributed by atoms with Gasteiger partial charge in [0.05, 0.1) is 29.4 Å². The number of allylic oxidation sites excluding steroid dienone is 1. The Balaban J connectivity index is 1.76. The molecule has 0 aromatic heterocycles. The maximum absolute atomic E-state index is 14.4. The average Bonchev–Trinajstić information content (AvgIpc) is 3.41. The van der Waals surface area contributed by atoms with Crippen LogP contribution in [0.2, 0.25) is 5.02 Å². The summed E-state index contributed by atoms with van der Waals surface area (Å²) in [7, 11) is -4.59. The smallest absolute Gasteiger partial charge is 0.365 e. The number of carbonyl (C=O) groups excluding carboxylic acids is 3. The minimum Gasteiger partial charge on any atom is -0.498 e. The molecule has 13 heteroatoms. The number of ether oxygens (including phenoxy) is 2. The van der Waals surface area contributed by atoms with Crippen LogP contribution in [0.3, 0.4) is 0 Å². The van der Waals surface area contributed by atoms with Crippen molar-refractivity contribution >= 4 is 45.3 Å². The van der Waals surface area contributed by atoms with E-state index in [0.29, 0.717) is 18.4 Å². The molecule has 0 bridgehead atoms. The molecule has 0 saturated carbocycles. The number of likely N-dealkylation sites (tertiary alicyclic amines) is 1. The van der Waals surface area contributed by atoms with Crippen LogP contribution >= 0.6 is 11.6 Å². The van der Waals surface area contributed by atoms with E-state index >= 15 is 0 Å². The molecule has 1 saturated heterocycles. The molecule has 0 radical (unpaired) electrons. The summed E-state index contributed by atoms with van der Waals surface area (Å²) >= 11 is 6.33. The van der Waals surface area contributed by atoms with Crippen molar-refractivity contribution in [1.29, 1.82) is 0 Å². The maximum atomic E-state index is 14.4. The number of hydrogen-bond donors (Lipinski definition) is 0. The Labute approximate surface area is 248 Å². The van der Waals surface area contributed by atoms with E-state index in [1.54, 1.807) is 37.3 Å². The number of esters is 2. The van der Waals surface area contributed by atoms with Gasteiger partial charge < -0.3 is 19.4 Å². The van der Waals surface area contributed by atoms with Gasteiger partial charge in [-0.3, -0.25) is 0 Å². The molecule has 1 aliphatic heterocycles. The molecule has 4 rings (SSSR count). The third kappa shape index (κ3) is 6.45. The van der Waals surface area contributed by atoms with Gasteiger partial charge in [-0.25, -0.2) is 31.2 Å². The van der Waals surface area contributed by atoms with Crippen LogP contribution in [0.15, 0.2) is 60.2 Å². The van der Waals surface area contributed by atoms with Gasteiger partial charge in [0.2, 0.25) is 10.0 Å². The van der Waals surface area contributed by atoms with E-state index < -0.39 is 56.3 Å². The molecular formula is C29H32ClFN2O8S. The molecule has 1 amide bonds. The summed E-state index contributed by atoms with van der Waals surface area (Å²) < 4.78 is 53.0. The van der Waals surface area contributed by atoms with Crippen LogP contribution in [-0.2, 0) is 35.7 Å². The summed E-state index contributed by atoms with van der Waals surface area (Å²) in [6.07, 6.45) is 1.12. The fourth-order valence-electron chi connectivity index (χ4n) is 5.51. The van der Waals surface area contributed by atoms with Gasteiger partial charge in [0, 0.05) is 12.8 Å². The summed E-state index contributed by atoms with van der Waals surface area (Å²) in [4.78, 5) is 38.9. The van der Waals surface area contributed by atoms with Gasteiger partial charge in [0.15, 0.2) is 12.7 Å². The number of anilines is 1. The van der Waals surface area contributed by atoms with Crippen molar-refractivity contribution < 1.29 is 46.3 Å². The van der Waals surface area contributed by atoms with Gasteiger partial charge in [-0.1, -0.05) is 48.0 Å². The number of quaternary nitrogens is 1. The predicted octanol–water partition coefficient (Wildman–Crippen LogP) is 3.68. The van der Waals surface area contributed by atoms with Crippen molar-refractivity contribution in [2.24, 2.45) is 0 Å². The average molecular weight is 623 g/mol. The molecular weight excluding hydrogens is 591 g/mol. The standard InChI is InChI=1S/C29H32ClFN2O8S/c1-2-40-27(34)22-11-6-7-13-26(22)42(38,39)32(24-15-14-21(31)17-23(24)30)19-33(29(36)37)16-8-12-25(33)28(35)41-18-20-9-4-3-5-10-20/h3-5,9-11,14-15,17,25-26H,2,6-8,12-13,16,18-19H2,1H3/t25-,26?,33?/m0/s1. The fourth-order valence-corrected chi connectivity index (χ4v) is 7.91. The SMILES string of the molecule is CCOC(=O)C1=CCCCC1S(=O)(=O)N(C[N+]1(C(=O)[O-])CCC[C@H]1C(=O)OCc1ccccc1)c1ccc(F)cc1Cl. The zero-order valence-corrected chi connectivity index (χ0v) is 24.6. The molecule has 0 N–H and O–H groups in total. The zero-order valence-electron chi connectivity index (χ0n) is 23.0. The van der Waals surface area contributed by atoms with Crippen molar-refractivity contribution in [3.05, 3.63) is 76.6 Å². The van der Waals surface area contributed by atoms with E-state index in [2.05, 4.69) is 0 Å². The van der Waals surface area contributed by atoms with Crippen LogP contribution in [0.25, 0.3) is 0 Å². The van der Waals surface area contributed by atoms with E-state index in [0.717, 1.165) is 22.5 Å². The van der Waals surface area contributed by atoms with Crippen LogP contribution in [0.4, 0.5) is 14.9 Å². The molecule has 2 aliphatic rings. The van der Waals surface area contributed by atoms with Crippen molar-refractivity contribution in [1.82, 2.24) is 0 Å². The first-order valence-corrected chi connectivity index (χ1v) is 15.5. The van der Waals surface area contributed by atoms with Gasteiger partial charge in [0.25, 0.3) is 6.09 Å². The van der Waals surface area contributed by atoms with Crippen LogP contribution in [0, 0.1) is 5.82 Å². The Kier molecular flexibility index (Phi) is 9.90. The molecule has 2 unspecified atom stereocenters. The minimum absolute atomic E-state index is 0.0217. The molecule has 0 spiro atoms. The number of rotatable bonds is 10. The number of carboxylic acid groups (broad SMARTS) is 1. The van der Waals surface area contributed by atoms with E-state index in [1.807, 2.05) is 0 Å². The van der Waals surface area contributed by atoms with Crippen LogP contribution in [0.5, 0.6) is 0 Å². The molecule has 1 heterocycles. The number of sulfonamides is 1. The third-order valence-electron chi connectivity index (χ3n) is 7.61. The lowest BCUT2D eigenvalue weighted by Crippen LogP contribution is -2.68. The monoisotopic (exact) mass is 622 g/mol. The highest BCUT2D eigenvalue weighted by molar-refractivity contribution is 7.93. The van der Waals surface area contributed by atoms with Crippen LogP contribution in [-0.4, -0.2) is 62.0 Å². The van der Waals surface area contributed by atoms with Crippen LogP contribution < -0.4 is 9.41 Å². The Morgan fingerprint density at radius 3 is 2.50 bits per heavy atom. The van der Waals surface area contributed by atoms with Crippen molar-refractivity contribution in [2.75, 3.05) is 24.1 Å². The number of carbonyl (C=O) groups is 3. The number of benzene rings is 2. The quantitative estimate of drug-likeness (QED) is 0.290. The lowest BCUT2D eigenvalue weighted by Gasteiger charge is -2.42. The summed E-state index contributed by atoms with van der Waals surface area (Å²) in [6.45, 7) is 0.573. The second-order valence-corrected chi connectivity index (χ2v) is 12.7. The van der Waals surface area contributed by atoms with Gasteiger partial charge in [-0.05, 0) is 49.9 Å². The Bertz CT molecular complexity index is 1470. The zero-order chi connectivity index (χ0) is 30.5. The van der Waals surface area contributed by atoms with Gasteiger partial charge in [-0.2, -0.15) is 0 Å². The summed E-state index contributed by atoms with van der Waals surface area (Å²) in [5.74, 6) is -2.37. The molecule has 3 atom stereocenters. The van der Waals surface area contributed by atoms with Crippen molar-refractivity contribution in [2.45, 2.75) is 56.9 Å². The van der Waals surface area contributed by atoms with E-state index in [-0.39, 0.29) is 55.3 Å². The lowest BCUT2D eigenvalue weighted by molar-refractivity contribution is -0.878. The number of amides is 1. The van der Waals surface area contributed by atoms with Crippen molar-refractivity contribution in [3.8, 4) is 0 Å². The highest BCUT2D eigenvalue weighted by Gasteiger charge is 2.53. The predicted molar refractivity (Wildman–Crippen MR) is 150 cm³/mol. The topological polar surface area (TPSA) is 130 Å². The first-order valence-electron chi connectivity index (χ1n) is 13.6. The molecule has 10 nitrogen and oxygen atoms in total. The molecule has 2 aromatic rings. The lowest BCUT2D eigenvalue weighted by atomic mass is 9.99. The number of hydrogen-bond acceptors (Lipinski definition) is 8. The third-order valence-corrected chi connectivity index (χ3v) is 10.0. The van der Waals surface area contributed by atoms with Gasteiger partial charge in [-0.15, -0.1) is 0 Å². The minimum atomic E-state index is -4.59. The van der Waals surface area contributed by atoms with Crippen molar-refractivity contribution in [3.63, 3.8) is 0 Å². The second-order valence-electron chi connectivity index (χ2n) is 10.2. The second kappa shape index (κ2) is 13.2. The summed E-state index contributed by atoms with van der Waals surface area (Å²) in [5.41, 5.74) is 0.411. The van der Waals surface area contributed by atoms with Gasteiger partial charge >= 0.3 is 11.9 Å². The molecule has 226 valence electrons. The molecule has 2 aromatic carbocycles. The van der Waals surface area contributed by atoms with E-state index in [9.17, 15) is 32.3 Å². The number of halogens is 2. The van der Waals surface area contributed by atoms with Gasteiger partial charge in [0.1, 0.15) is 17.7 Å². The summed E-state index contributed by atoms with van der Waals surface area (Å²) in [5, 5.41) is 11.1. The largest absolute Gasteiger partial charge is 0.498 e. The fraction of sp³-hybridized carbons (Fsp3) is 0.414.